The average Bonchev–Trinajstić information content (AvgIpc) is 3.00. The maximum absolute atomic E-state index is 13.2. The lowest BCUT2D eigenvalue weighted by atomic mass is 9.53. The van der Waals surface area contributed by atoms with Gasteiger partial charge in [0.15, 0.2) is 0 Å². The molecule has 0 radical (unpaired) electrons. The highest BCUT2D eigenvalue weighted by atomic mass is 16.5. The van der Waals surface area contributed by atoms with E-state index < -0.39 is 5.41 Å². The number of ether oxygens (including phenoxy) is 2. The molecule has 4 aliphatic carbocycles. The SMILES string of the molecule is C=C1C[C@]23C[C@H]1CC[C@H]2[C@]1(C)CCC[C@@](C)(C(=O)OC)[C@H]1[C@@H]3C(=O)OC. The van der Waals surface area contributed by atoms with Gasteiger partial charge in [0.1, 0.15) is 0 Å². The van der Waals surface area contributed by atoms with Crippen LogP contribution in [0, 0.1) is 39.9 Å². The first kappa shape index (κ1) is 18.1. The van der Waals surface area contributed by atoms with Crippen LogP contribution in [0.3, 0.4) is 0 Å². The number of allylic oxidation sites excluding steroid dienone is 1. The molecule has 26 heavy (non-hydrogen) atoms. The lowest BCUT2D eigenvalue weighted by Crippen LogP contribution is -2.51. The summed E-state index contributed by atoms with van der Waals surface area (Å²) >= 11 is 0. The summed E-state index contributed by atoms with van der Waals surface area (Å²) in [5.41, 5.74) is 0.594. The van der Waals surface area contributed by atoms with Gasteiger partial charge in [-0.15, -0.1) is 0 Å². The summed E-state index contributed by atoms with van der Waals surface area (Å²) in [5.74, 6) is 0.463. The Balaban J connectivity index is 1.91. The molecular formula is C22H32O4. The molecule has 4 rings (SSSR count). The maximum Gasteiger partial charge on any atom is 0.311 e. The van der Waals surface area contributed by atoms with Crippen LogP contribution in [0.4, 0.5) is 0 Å². The molecule has 1 spiro atoms. The van der Waals surface area contributed by atoms with E-state index in [9.17, 15) is 9.59 Å². The molecule has 0 heterocycles. The lowest BCUT2D eigenvalue weighted by Gasteiger charge is -2.50. The molecule has 7 atom stereocenters. The molecule has 4 nitrogen and oxygen atoms in total. The van der Waals surface area contributed by atoms with Crippen LogP contribution >= 0.6 is 0 Å². The smallest absolute Gasteiger partial charge is 0.311 e. The first-order valence-corrected chi connectivity index (χ1v) is 10.1. The standard InChI is InChI=1S/C22H32O4/c1-13-11-22-12-14(13)7-8-15(22)20(2)9-6-10-21(3,19(24)26-5)17(20)16(22)18(23)25-4/h14-17H,1,6-12H2,2-5H3/t14-,15+,16-,17+,20+,21-,22+/m1/s1. The molecule has 4 aliphatic rings. The van der Waals surface area contributed by atoms with Gasteiger partial charge in [0, 0.05) is 0 Å². The van der Waals surface area contributed by atoms with E-state index >= 15 is 0 Å². The van der Waals surface area contributed by atoms with E-state index in [0.29, 0.717) is 11.8 Å². The van der Waals surface area contributed by atoms with Gasteiger partial charge in [-0.25, -0.2) is 0 Å². The Hall–Kier alpha value is -1.32. The molecule has 0 unspecified atom stereocenters. The zero-order valence-corrected chi connectivity index (χ0v) is 16.6. The fourth-order valence-corrected chi connectivity index (χ4v) is 8.22. The van der Waals surface area contributed by atoms with Crippen LogP contribution in [0.15, 0.2) is 12.2 Å². The fourth-order valence-electron chi connectivity index (χ4n) is 8.22. The third-order valence-electron chi connectivity index (χ3n) is 8.92. The molecule has 0 amide bonds. The highest BCUT2D eigenvalue weighted by Crippen LogP contribution is 2.77. The Kier molecular flexibility index (Phi) is 3.88. The van der Waals surface area contributed by atoms with Gasteiger partial charge in [-0.3, -0.25) is 9.59 Å². The maximum atomic E-state index is 13.2. The second kappa shape index (κ2) is 5.59. The van der Waals surface area contributed by atoms with Crippen molar-refractivity contribution < 1.29 is 19.1 Å². The zero-order chi connectivity index (χ0) is 18.9. The third kappa shape index (κ3) is 1.96. The number of rotatable bonds is 2. The zero-order valence-electron chi connectivity index (χ0n) is 16.6. The molecule has 2 bridgehead atoms. The van der Waals surface area contributed by atoms with Crippen molar-refractivity contribution >= 4 is 11.9 Å². The van der Waals surface area contributed by atoms with Crippen LogP contribution < -0.4 is 0 Å². The summed E-state index contributed by atoms with van der Waals surface area (Å²) in [5, 5.41) is 0. The van der Waals surface area contributed by atoms with Crippen molar-refractivity contribution in [3.05, 3.63) is 12.2 Å². The van der Waals surface area contributed by atoms with Gasteiger partial charge < -0.3 is 9.47 Å². The Labute approximate surface area is 156 Å². The minimum atomic E-state index is -0.619. The summed E-state index contributed by atoms with van der Waals surface area (Å²) < 4.78 is 10.6. The van der Waals surface area contributed by atoms with E-state index in [4.69, 9.17) is 9.47 Å². The van der Waals surface area contributed by atoms with E-state index in [2.05, 4.69) is 13.5 Å². The largest absolute Gasteiger partial charge is 0.469 e. The van der Waals surface area contributed by atoms with Crippen molar-refractivity contribution in [2.45, 2.75) is 58.8 Å². The minimum absolute atomic E-state index is 0.0155. The Morgan fingerprint density at radius 2 is 1.85 bits per heavy atom. The van der Waals surface area contributed by atoms with Crippen LogP contribution in [0.5, 0.6) is 0 Å². The minimum Gasteiger partial charge on any atom is -0.469 e. The molecule has 0 aromatic heterocycles. The number of methoxy groups -OCH3 is 2. The number of hydrogen-bond donors (Lipinski definition) is 0. The summed E-state index contributed by atoms with van der Waals surface area (Å²) in [6.07, 6.45) is 7.17. The van der Waals surface area contributed by atoms with E-state index in [-0.39, 0.29) is 34.6 Å². The molecule has 0 aliphatic heterocycles. The van der Waals surface area contributed by atoms with Crippen LogP contribution in [-0.4, -0.2) is 26.2 Å². The number of carbonyl (C=O) groups excluding carboxylic acids is 2. The quantitative estimate of drug-likeness (QED) is 0.549. The molecule has 0 aromatic rings. The summed E-state index contributed by atoms with van der Waals surface area (Å²) in [6, 6.07) is 0. The molecule has 0 saturated heterocycles. The number of carbonyl (C=O) groups is 2. The predicted octanol–water partition coefficient (Wildman–Crippen LogP) is 4.14. The summed E-state index contributed by atoms with van der Waals surface area (Å²) in [4.78, 5) is 26.1. The normalized spacial score (nSPS) is 49.3. The van der Waals surface area contributed by atoms with Crippen LogP contribution in [0.1, 0.15) is 58.8 Å². The number of fused-ring (bicyclic) bond motifs is 3. The molecule has 4 saturated carbocycles. The van der Waals surface area contributed by atoms with Crippen molar-refractivity contribution in [2.75, 3.05) is 14.2 Å². The van der Waals surface area contributed by atoms with Crippen molar-refractivity contribution in [1.29, 1.82) is 0 Å². The first-order valence-electron chi connectivity index (χ1n) is 10.1. The average molecular weight is 360 g/mol. The van der Waals surface area contributed by atoms with Gasteiger partial charge in [-0.05, 0) is 74.0 Å². The first-order chi connectivity index (χ1) is 12.2. The molecule has 4 heteroatoms. The van der Waals surface area contributed by atoms with Gasteiger partial charge in [-0.2, -0.15) is 0 Å². The highest BCUT2D eigenvalue weighted by molar-refractivity contribution is 5.81. The van der Waals surface area contributed by atoms with Crippen molar-refractivity contribution in [2.24, 2.45) is 39.9 Å². The molecule has 0 N–H and O–H groups in total. The van der Waals surface area contributed by atoms with E-state index in [1.165, 1.54) is 26.2 Å². The molecule has 4 fully saturated rings. The van der Waals surface area contributed by atoms with Gasteiger partial charge in [0.25, 0.3) is 0 Å². The number of hydrogen-bond acceptors (Lipinski definition) is 4. The molecule has 0 aromatic carbocycles. The van der Waals surface area contributed by atoms with Gasteiger partial charge in [0.05, 0.1) is 25.6 Å². The van der Waals surface area contributed by atoms with Crippen LogP contribution in [0.2, 0.25) is 0 Å². The second-order valence-electron chi connectivity index (χ2n) is 9.85. The number of esters is 2. The summed E-state index contributed by atoms with van der Waals surface area (Å²) in [7, 11) is 2.96. The van der Waals surface area contributed by atoms with Gasteiger partial charge >= 0.3 is 11.9 Å². The van der Waals surface area contributed by atoms with E-state index in [0.717, 1.165) is 38.5 Å². The van der Waals surface area contributed by atoms with Gasteiger partial charge in [0.2, 0.25) is 0 Å². The van der Waals surface area contributed by atoms with E-state index in [1.54, 1.807) is 0 Å². The fraction of sp³-hybridized carbons (Fsp3) is 0.818. The Morgan fingerprint density at radius 3 is 2.50 bits per heavy atom. The molecule has 144 valence electrons. The topological polar surface area (TPSA) is 52.6 Å². The predicted molar refractivity (Wildman–Crippen MR) is 98.1 cm³/mol. The van der Waals surface area contributed by atoms with E-state index in [1.807, 2.05) is 6.92 Å². The Morgan fingerprint density at radius 1 is 1.12 bits per heavy atom. The van der Waals surface area contributed by atoms with Crippen LogP contribution in [0.25, 0.3) is 0 Å². The van der Waals surface area contributed by atoms with Crippen molar-refractivity contribution in [3.8, 4) is 0 Å². The van der Waals surface area contributed by atoms with Crippen LogP contribution in [-0.2, 0) is 19.1 Å². The van der Waals surface area contributed by atoms with Gasteiger partial charge in [-0.1, -0.05) is 25.5 Å². The monoisotopic (exact) mass is 360 g/mol. The van der Waals surface area contributed by atoms with Crippen molar-refractivity contribution in [3.63, 3.8) is 0 Å². The Bertz CT molecular complexity index is 669. The third-order valence-corrected chi connectivity index (χ3v) is 8.92. The second-order valence-corrected chi connectivity index (χ2v) is 9.85. The van der Waals surface area contributed by atoms with Crippen molar-refractivity contribution in [1.82, 2.24) is 0 Å². The lowest BCUT2D eigenvalue weighted by molar-refractivity contribution is -0.170. The summed E-state index contributed by atoms with van der Waals surface area (Å²) in [6.45, 7) is 8.73. The highest BCUT2D eigenvalue weighted by Gasteiger charge is 2.75. The molecular weight excluding hydrogens is 328 g/mol.